The molecule has 0 fully saturated rings. The molecule has 4 heteroatoms. The van der Waals surface area contributed by atoms with Gasteiger partial charge in [0, 0.05) is 19.1 Å². The third kappa shape index (κ3) is 4.46. The summed E-state index contributed by atoms with van der Waals surface area (Å²) in [5.74, 6) is 0. The lowest BCUT2D eigenvalue weighted by atomic mass is 10.1. The second kappa shape index (κ2) is 4.64. The molecule has 0 rings (SSSR count). The third-order valence-electron chi connectivity index (χ3n) is 2.05. The molecule has 0 bridgehead atoms. The average Bonchev–Trinajstić information content (AvgIpc) is 1.98. The van der Waals surface area contributed by atoms with Gasteiger partial charge in [0.2, 0.25) is 0 Å². The van der Waals surface area contributed by atoms with E-state index in [0.29, 0.717) is 0 Å². The summed E-state index contributed by atoms with van der Waals surface area (Å²) in [5, 5.41) is 0. The Kier molecular flexibility index (Phi) is 4.39. The second-order valence-electron chi connectivity index (χ2n) is 4.69. The van der Waals surface area contributed by atoms with Gasteiger partial charge in [-0.25, -0.2) is 4.79 Å². The third-order valence-corrected chi connectivity index (χ3v) is 2.05. The monoisotopic (exact) mass is 202 g/mol. The minimum Gasteiger partial charge on any atom is -0.444 e. The van der Waals surface area contributed by atoms with E-state index in [1.54, 1.807) is 7.05 Å². The number of likely N-dealkylation sites (N-methyl/N-ethyl adjacent to an activating group) is 1. The molecular formula is C10H22N2O2. The molecule has 0 aromatic carbocycles. The van der Waals surface area contributed by atoms with Gasteiger partial charge in [0.15, 0.2) is 0 Å². The summed E-state index contributed by atoms with van der Waals surface area (Å²) in [7, 11) is 1.70. The van der Waals surface area contributed by atoms with E-state index >= 15 is 0 Å². The zero-order valence-corrected chi connectivity index (χ0v) is 10.00. The van der Waals surface area contributed by atoms with Crippen LogP contribution in [0.25, 0.3) is 0 Å². The van der Waals surface area contributed by atoms with E-state index in [4.69, 9.17) is 10.5 Å². The number of nitrogens with zero attached hydrogens (tertiary/aromatic N) is 1. The molecule has 0 saturated heterocycles. The van der Waals surface area contributed by atoms with Gasteiger partial charge in [-0.05, 0) is 34.6 Å². The van der Waals surface area contributed by atoms with Gasteiger partial charge in [0.05, 0.1) is 0 Å². The summed E-state index contributed by atoms with van der Waals surface area (Å²) in [6.07, 6.45) is -0.331. The van der Waals surface area contributed by atoms with Crippen molar-refractivity contribution in [1.29, 1.82) is 0 Å². The Balaban J connectivity index is 4.26. The first kappa shape index (κ1) is 13.2. The van der Waals surface area contributed by atoms with E-state index in [1.165, 1.54) is 4.90 Å². The van der Waals surface area contributed by atoms with Gasteiger partial charge in [0.1, 0.15) is 5.60 Å². The van der Waals surface area contributed by atoms with Crippen LogP contribution in [0.4, 0.5) is 4.79 Å². The molecule has 0 radical (unpaired) electrons. The normalized spacial score (nSPS) is 15.9. The molecule has 0 aliphatic heterocycles. The fourth-order valence-electron chi connectivity index (χ4n) is 0.853. The first-order valence-electron chi connectivity index (χ1n) is 4.86. The lowest BCUT2D eigenvalue weighted by Crippen LogP contribution is -2.47. The van der Waals surface area contributed by atoms with E-state index in [1.807, 2.05) is 34.6 Å². The summed E-state index contributed by atoms with van der Waals surface area (Å²) in [6.45, 7) is 9.29. The maximum Gasteiger partial charge on any atom is 0.410 e. The Morgan fingerprint density at radius 3 is 2.07 bits per heavy atom. The van der Waals surface area contributed by atoms with Crippen LogP contribution >= 0.6 is 0 Å². The maximum absolute atomic E-state index is 11.6. The van der Waals surface area contributed by atoms with Gasteiger partial charge in [-0.3, -0.25) is 0 Å². The first-order chi connectivity index (χ1) is 6.15. The predicted octanol–water partition coefficient (Wildman–Crippen LogP) is 1.59. The molecule has 0 aromatic rings. The molecule has 0 aliphatic rings. The molecule has 2 N–H and O–H groups in total. The standard InChI is InChI=1S/C10H22N2O2/c1-7(11)8(2)12(6)9(13)14-10(3,4)5/h7-8H,11H2,1-6H3/t7-,8+/m1/s1. The molecule has 4 nitrogen and oxygen atoms in total. The van der Waals surface area contributed by atoms with Crippen molar-refractivity contribution in [3.8, 4) is 0 Å². The molecule has 84 valence electrons. The summed E-state index contributed by atoms with van der Waals surface area (Å²) in [6, 6.07) is -0.0858. The second-order valence-corrected chi connectivity index (χ2v) is 4.69. The zero-order valence-electron chi connectivity index (χ0n) is 10.00. The first-order valence-corrected chi connectivity index (χ1v) is 4.86. The Morgan fingerprint density at radius 2 is 1.79 bits per heavy atom. The summed E-state index contributed by atoms with van der Waals surface area (Å²) >= 11 is 0. The minimum atomic E-state index is -0.455. The molecule has 0 aliphatic carbocycles. The Labute approximate surface area is 86.4 Å². The van der Waals surface area contributed by atoms with E-state index in [9.17, 15) is 4.79 Å². The van der Waals surface area contributed by atoms with Crippen LogP contribution in [-0.4, -0.2) is 35.7 Å². The Morgan fingerprint density at radius 1 is 1.36 bits per heavy atom. The Hall–Kier alpha value is -0.770. The lowest BCUT2D eigenvalue weighted by molar-refractivity contribution is 0.0219. The van der Waals surface area contributed by atoms with Crippen LogP contribution in [0.5, 0.6) is 0 Å². The molecule has 0 saturated carbocycles. The molecule has 0 spiro atoms. The molecule has 0 heterocycles. The van der Waals surface area contributed by atoms with Gasteiger partial charge in [0.25, 0.3) is 0 Å². The van der Waals surface area contributed by atoms with Crippen molar-refractivity contribution in [3.63, 3.8) is 0 Å². The van der Waals surface area contributed by atoms with Gasteiger partial charge in [-0.1, -0.05) is 0 Å². The van der Waals surface area contributed by atoms with Crippen LogP contribution in [0.15, 0.2) is 0 Å². The molecule has 1 amide bonds. The highest BCUT2D eigenvalue weighted by atomic mass is 16.6. The van der Waals surface area contributed by atoms with Gasteiger partial charge in [-0.15, -0.1) is 0 Å². The fourth-order valence-corrected chi connectivity index (χ4v) is 0.853. The number of rotatable bonds is 2. The topological polar surface area (TPSA) is 55.6 Å². The van der Waals surface area contributed by atoms with Crippen LogP contribution in [0.1, 0.15) is 34.6 Å². The summed E-state index contributed by atoms with van der Waals surface area (Å²) in [4.78, 5) is 13.1. The van der Waals surface area contributed by atoms with Crippen molar-refractivity contribution < 1.29 is 9.53 Å². The quantitative estimate of drug-likeness (QED) is 0.739. The highest BCUT2D eigenvalue weighted by molar-refractivity contribution is 5.68. The number of hydrogen-bond donors (Lipinski definition) is 1. The SMILES string of the molecule is C[C@@H](N)[C@H](C)N(C)C(=O)OC(C)(C)C. The van der Waals surface area contributed by atoms with Crippen molar-refractivity contribution >= 4 is 6.09 Å². The minimum absolute atomic E-state index is 0.0233. The predicted molar refractivity (Wildman–Crippen MR) is 57.1 cm³/mol. The number of carbonyl (C=O) groups excluding carboxylic acids is 1. The smallest absolute Gasteiger partial charge is 0.410 e. The highest BCUT2D eigenvalue weighted by Crippen LogP contribution is 2.11. The summed E-state index contributed by atoms with van der Waals surface area (Å²) < 4.78 is 5.20. The maximum atomic E-state index is 11.6. The van der Waals surface area contributed by atoms with Crippen molar-refractivity contribution in [2.45, 2.75) is 52.3 Å². The summed E-state index contributed by atoms with van der Waals surface area (Å²) in [5.41, 5.74) is 5.23. The van der Waals surface area contributed by atoms with E-state index in [-0.39, 0.29) is 18.2 Å². The van der Waals surface area contributed by atoms with Crippen LogP contribution in [0.3, 0.4) is 0 Å². The van der Waals surface area contributed by atoms with Crippen molar-refractivity contribution in [2.24, 2.45) is 5.73 Å². The van der Waals surface area contributed by atoms with E-state index in [2.05, 4.69) is 0 Å². The van der Waals surface area contributed by atoms with Gasteiger partial charge < -0.3 is 15.4 Å². The highest BCUT2D eigenvalue weighted by Gasteiger charge is 2.24. The van der Waals surface area contributed by atoms with Crippen molar-refractivity contribution in [3.05, 3.63) is 0 Å². The van der Waals surface area contributed by atoms with Crippen LogP contribution < -0.4 is 5.73 Å². The Bertz CT molecular complexity index is 197. The molecule has 0 aromatic heterocycles. The molecule has 0 unspecified atom stereocenters. The zero-order chi connectivity index (χ0) is 11.5. The van der Waals surface area contributed by atoms with Crippen LogP contribution in [0, 0.1) is 0 Å². The van der Waals surface area contributed by atoms with Gasteiger partial charge in [-0.2, -0.15) is 0 Å². The van der Waals surface area contributed by atoms with E-state index < -0.39 is 5.60 Å². The largest absolute Gasteiger partial charge is 0.444 e. The van der Waals surface area contributed by atoms with E-state index in [0.717, 1.165) is 0 Å². The van der Waals surface area contributed by atoms with Crippen LogP contribution in [-0.2, 0) is 4.74 Å². The fraction of sp³-hybridized carbons (Fsp3) is 0.900. The number of nitrogens with two attached hydrogens (primary N) is 1. The number of ether oxygens (including phenoxy) is 1. The average molecular weight is 202 g/mol. The number of hydrogen-bond acceptors (Lipinski definition) is 3. The molecule has 14 heavy (non-hydrogen) atoms. The number of amides is 1. The van der Waals surface area contributed by atoms with Gasteiger partial charge >= 0.3 is 6.09 Å². The molecular weight excluding hydrogens is 180 g/mol. The van der Waals surface area contributed by atoms with Crippen molar-refractivity contribution in [2.75, 3.05) is 7.05 Å². The lowest BCUT2D eigenvalue weighted by Gasteiger charge is -2.30. The molecule has 2 atom stereocenters. The van der Waals surface area contributed by atoms with Crippen LogP contribution in [0.2, 0.25) is 0 Å². The number of carbonyl (C=O) groups is 1. The van der Waals surface area contributed by atoms with Crippen molar-refractivity contribution in [1.82, 2.24) is 4.90 Å².